The van der Waals surface area contributed by atoms with Crippen molar-refractivity contribution in [1.29, 1.82) is 0 Å². The van der Waals surface area contributed by atoms with E-state index in [1.165, 1.54) is 5.56 Å². The molecule has 3 aromatic rings. The van der Waals surface area contributed by atoms with E-state index in [1.807, 2.05) is 83.1 Å². The summed E-state index contributed by atoms with van der Waals surface area (Å²) in [5, 5.41) is 7.43. The van der Waals surface area contributed by atoms with Crippen LogP contribution in [0.2, 0.25) is 0 Å². The van der Waals surface area contributed by atoms with Crippen molar-refractivity contribution in [3.8, 4) is 23.1 Å². The second-order valence-corrected chi connectivity index (χ2v) is 7.35. The summed E-state index contributed by atoms with van der Waals surface area (Å²) >= 11 is 0. The summed E-state index contributed by atoms with van der Waals surface area (Å²) in [5.41, 5.74) is 3.72. The van der Waals surface area contributed by atoms with Crippen LogP contribution in [0.1, 0.15) is 33.3 Å². The number of ether oxygens (including phenoxy) is 1. The molecular weight excluding hydrogens is 352 g/mol. The average molecular weight is 378 g/mol. The van der Waals surface area contributed by atoms with Crippen molar-refractivity contribution in [2.45, 2.75) is 40.7 Å². The first-order valence-corrected chi connectivity index (χ1v) is 9.45. The lowest BCUT2D eigenvalue weighted by molar-refractivity contribution is -0.118. The van der Waals surface area contributed by atoms with E-state index in [0.717, 1.165) is 16.9 Å². The lowest BCUT2D eigenvalue weighted by Gasteiger charge is -2.10. The Hall–Kier alpha value is -3.15. The van der Waals surface area contributed by atoms with Crippen LogP contribution in [0.3, 0.4) is 0 Å². The first-order chi connectivity index (χ1) is 13.3. The zero-order valence-corrected chi connectivity index (χ0v) is 16.9. The van der Waals surface area contributed by atoms with Crippen LogP contribution in [0.25, 0.3) is 17.1 Å². The molecule has 0 aliphatic heterocycles. The molecule has 0 spiro atoms. The molecule has 3 rings (SSSR count). The van der Waals surface area contributed by atoms with Gasteiger partial charge in [-0.05, 0) is 45.0 Å². The van der Waals surface area contributed by atoms with E-state index in [4.69, 9.17) is 4.74 Å². The number of hydrogen-bond acceptors (Lipinski definition) is 4. The number of benzene rings is 2. The van der Waals surface area contributed by atoms with E-state index in [2.05, 4.69) is 15.4 Å². The number of carbonyl (C=O) groups excluding carboxylic acids is 1. The third-order valence-electron chi connectivity index (χ3n) is 4.14. The summed E-state index contributed by atoms with van der Waals surface area (Å²) in [6, 6.07) is 16.0. The predicted molar refractivity (Wildman–Crippen MR) is 111 cm³/mol. The highest BCUT2D eigenvalue weighted by molar-refractivity contribution is 5.92. The molecule has 0 fully saturated rings. The Bertz CT molecular complexity index is 942. The molecule has 6 nitrogen and oxygen atoms in total. The van der Waals surface area contributed by atoms with Crippen LogP contribution in [0, 0.1) is 12.8 Å². The summed E-state index contributed by atoms with van der Waals surface area (Å²) in [6.07, 6.45) is -0.0182. The van der Waals surface area contributed by atoms with Crippen LogP contribution in [-0.4, -0.2) is 26.8 Å². The van der Waals surface area contributed by atoms with Gasteiger partial charge >= 0.3 is 6.01 Å². The van der Waals surface area contributed by atoms with E-state index < -0.39 is 0 Å². The fraction of sp³-hybridized carbons (Fsp3) is 0.318. The van der Waals surface area contributed by atoms with E-state index >= 15 is 0 Å². The Morgan fingerprint density at radius 1 is 1.00 bits per heavy atom. The maximum absolute atomic E-state index is 11.9. The number of aromatic nitrogens is 3. The molecule has 0 aliphatic carbocycles. The van der Waals surface area contributed by atoms with E-state index in [0.29, 0.717) is 11.8 Å². The van der Waals surface area contributed by atoms with Crippen molar-refractivity contribution in [3.63, 3.8) is 0 Å². The van der Waals surface area contributed by atoms with Crippen molar-refractivity contribution in [2.75, 3.05) is 5.32 Å². The second-order valence-electron chi connectivity index (χ2n) is 7.35. The van der Waals surface area contributed by atoms with Crippen LogP contribution in [-0.2, 0) is 4.79 Å². The number of carbonyl (C=O) groups is 1. The lowest BCUT2D eigenvalue weighted by atomic mass is 10.1. The molecule has 1 heterocycles. The molecule has 0 unspecified atom stereocenters. The van der Waals surface area contributed by atoms with Gasteiger partial charge in [0.25, 0.3) is 0 Å². The van der Waals surface area contributed by atoms with Crippen molar-refractivity contribution < 1.29 is 9.53 Å². The molecule has 0 radical (unpaired) electrons. The van der Waals surface area contributed by atoms with Crippen molar-refractivity contribution in [1.82, 2.24) is 14.8 Å². The lowest BCUT2D eigenvalue weighted by Crippen LogP contribution is -2.17. The van der Waals surface area contributed by atoms with Gasteiger partial charge in [-0.25, -0.2) is 4.68 Å². The van der Waals surface area contributed by atoms with Gasteiger partial charge in [0.1, 0.15) is 0 Å². The van der Waals surface area contributed by atoms with Gasteiger partial charge in [0.15, 0.2) is 5.82 Å². The number of aryl methyl sites for hydroxylation is 1. The molecular formula is C22H26N4O2. The van der Waals surface area contributed by atoms with Crippen LogP contribution in [0.15, 0.2) is 48.5 Å². The van der Waals surface area contributed by atoms with Gasteiger partial charge in [-0.2, -0.15) is 4.98 Å². The summed E-state index contributed by atoms with van der Waals surface area (Å²) in [4.78, 5) is 16.5. The van der Waals surface area contributed by atoms with Gasteiger partial charge in [-0.15, -0.1) is 5.10 Å². The quantitative estimate of drug-likeness (QED) is 0.679. The van der Waals surface area contributed by atoms with Gasteiger partial charge in [0.2, 0.25) is 5.91 Å². The Balaban J connectivity index is 1.96. The van der Waals surface area contributed by atoms with Crippen LogP contribution >= 0.6 is 0 Å². The Morgan fingerprint density at radius 2 is 1.64 bits per heavy atom. The maximum Gasteiger partial charge on any atom is 0.336 e. The summed E-state index contributed by atoms with van der Waals surface area (Å²) < 4.78 is 7.47. The molecule has 0 aliphatic rings. The highest BCUT2D eigenvalue weighted by atomic mass is 16.5. The summed E-state index contributed by atoms with van der Waals surface area (Å²) in [6.45, 7) is 9.66. The molecule has 146 valence electrons. The number of anilines is 1. The molecule has 0 bridgehead atoms. The molecule has 28 heavy (non-hydrogen) atoms. The molecule has 2 aromatic carbocycles. The minimum Gasteiger partial charge on any atom is -0.460 e. The Labute approximate surface area is 165 Å². The molecule has 1 aromatic heterocycles. The molecule has 0 saturated heterocycles. The predicted octanol–water partition coefficient (Wildman–Crippen LogP) is 4.62. The smallest absolute Gasteiger partial charge is 0.336 e. The highest BCUT2D eigenvalue weighted by Crippen LogP contribution is 2.25. The van der Waals surface area contributed by atoms with Crippen molar-refractivity contribution in [3.05, 3.63) is 54.1 Å². The van der Waals surface area contributed by atoms with E-state index in [9.17, 15) is 4.79 Å². The van der Waals surface area contributed by atoms with Gasteiger partial charge in [-0.3, -0.25) is 4.79 Å². The maximum atomic E-state index is 11.9. The Kier molecular flexibility index (Phi) is 5.78. The average Bonchev–Trinajstić information content (AvgIpc) is 3.05. The normalized spacial score (nSPS) is 11.1. The molecule has 1 amide bonds. The monoisotopic (exact) mass is 378 g/mol. The highest BCUT2D eigenvalue weighted by Gasteiger charge is 2.16. The minimum atomic E-state index is -0.0705. The van der Waals surface area contributed by atoms with Crippen LogP contribution in [0.5, 0.6) is 6.01 Å². The standard InChI is InChI=1S/C22H26N4O2/c1-14(2)21(27)23-18-10-12-19(13-11-18)26-20(17-8-6-16(5)7-9-17)24-22(25-26)28-15(3)4/h6-15H,1-5H3,(H,23,27). The van der Waals surface area contributed by atoms with Crippen LogP contribution in [0.4, 0.5) is 5.69 Å². The third-order valence-corrected chi connectivity index (χ3v) is 4.14. The van der Waals surface area contributed by atoms with Crippen molar-refractivity contribution >= 4 is 11.6 Å². The number of nitrogens with zero attached hydrogens (tertiary/aromatic N) is 3. The van der Waals surface area contributed by atoms with Gasteiger partial charge in [0.05, 0.1) is 11.8 Å². The largest absolute Gasteiger partial charge is 0.460 e. The molecule has 0 atom stereocenters. The fourth-order valence-corrected chi connectivity index (χ4v) is 2.60. The number of hydrogen-bond donors (Lipinski definition) is 1. The number of rotatable bonds is 6. The second kappa shape index (κ2) is 8.25. The topological polar surface area (TPSA) is 69.0 Å². The summed E-state index contributed by atoms with van der Waals surface area (Å²) in [5.74, 6) is 0.620. The first kappa shape index (κ1) is 19.6. The molecule has 1 N–H and O–H groups in total. The minimum absolute atomic E-state index is 0.0125. The summed E-state index contributed by atoms with van der Waals surface area (Å²) in [7, 11) is 0. The third kappa shape index (κ3) is 4.57. The zero-order valence-electron chi connectivity index (χ0n) is 16.9. The fourth-order valence-electron chi connectivity index (χ4n) is 2.60. The van der Waals surface area contributed by atoms with E-state index in [1.54, 1.807) is 4.68 Å². The molecule has 6 heteroatoms. The molecule has 0 saturated carbocycles. The zero-order chi connectivity index (χ0) is 20.3. The van der Waals surface area contributed by atoms with Gasteiger partial charge in [0, 0.05) is 17.2 Å². The SMILES string of the molecule is Cc1ccc(-c2nc(OC(C)C)nn2-c2ccc(NC(=O)C(C)C)cc2)cc1. The van der Waals surface area contributed by atoms with E-state index in [-0.39, 0.29) is 17.9 Å². The number of nitrogens with one attached hydrogen (secondary N) is 1. The van der Waals surface area contributed by atoms with Gasteiger partial charge < -0.3 is 10.1 Å². The first-order valence-electron chi connectivity index (χ1n) is 9.45. The van der Waals surface area contributed by atoms with Crippen LogP contribution < -0.4 is 10.1 Å². The van der Waals surface area contributed by atoms with Gasteiger partial charge in [-0.1, -0.05) is 43.7 Å². The Morgan fingerprint density at radius 3 is 2.21 bits per heavy atom. The van der Waals surface area contributed by atoms with Crippen molar-refractivity contribution in [2.24, 2.45) is 5.92 Å². The number of amides is 1.